The average Bonchev–Trinajstić information content (AvgIpc) is 2.27. The lowest BCUT2D eigenvalue weighted by Crippen LogP contribution is -2.04. The topological polar surface area (TPSA) is 34.1 Å². The van der Waals surface area contributed by atoms with Crippen molar-refractivity contribution in [2.45, 2.75) is 19.3 Å². The van der Waals surface area contributed by atoms with Crippen molar-refractivity contribution in [2.24, 2.45) is 0 Å². The standard InChI is InChI=1S/C11H10O2/c12-9-6-5-8-3-1-2-4-10(8)11(13)7-9/h1-4H,5-7H2. The van der Waals surface area contributed by atoms with Crippen LogP contribution in [0.15, 0.2) is 24.3 Å². The molecule has 2 heteroatoms. The quantitative estimate of drug-likeness (QED) is 0.443. The van der Waals surface area contributed by atoms with Crippen LogP contribution >= 0.6 is 0 Å². The van der Waals surface area contributed by atoms with Gasteiger partial charge in [-0.25, -0.2) is 0 Å². The molecule has 0 atom stereocenters. The van der Waals surface area contributed by atoms with Gasteiger partial charge in [0.25, 0.3) is 0 Å². The molecule has 0 radical (unpaired) electrons. The van der Waals surface area contributed by atoms with Crippen LogP contribution in [0.3, 0.4) is 0 Å². The molecule has 0 bridgehead atoms. The molecule has 0 saturated carbocycles. The molecule has 0 N–H and O–H groups in total. The van der Waals surface area contributed by atoms with E-state index in [0.717, 1.165) is 11.1 Å². The zero-order valence-corrected chi connectivity index (χ0v) is 7.25. The number of aryl methyl sites for hydroxylation is 1. The highest BCUT2D eigenvalue weighted by atomic mass is 16.1. The summed E-state index contributed by atoms with van der Waals surface area (Å²) in [4.78, 5) is 22.6. The molecule has 1 aliphatic carbocycles. The first kappa shape index (κ1) is 8.17. The lowest BCUT2D eigenvalue weighted by atomic mass is 10.0. The summed E-state index contributed by atoms with van der Waals surface area (Å²) >= 11 is 0. The van der Waals surface area contributed by atoms with E-state index in [1.165, 1.54) is 0 Å². The highest BCUT2D eigenvalue weighted by molar-refractivity contribution is 6.09. The van der Waals surface area contributed by atoms with Gasteiger partial charge in [0, 0.05) is 12.0 Å². The van der Waals surface area contributed by atoms with Crippen LogP contribution in [0.1, 0.15) is 28.8 Å². The fraction of sp³-hybridized carbons (Fsp3) is 0.273. The first-order chi connectivity index (χ1) is 6.27. The van der Waals surface area contributed by atoms with Crippen LogP contribution in [0.5, 0.6) is 0 Å². The molecule has 0 heterocycles. The molecule has 0 fully saturated rings. The van der Waals surface area contributed by atoms with Crippen LogP contribution in [0, 0.1) is 0 Å². The Morgan fingerprint density at radius 2 is 1.77 bits per heavy atom. The Morgan fingerprint density at radius 3 is 2.62 bits per heavy atom. The van der Waals surface area contributed by atoms with E-state index in [1.54, 1.807) is 6.07 Å². The van der Waals surface area contributed by atoms with Crippen molar-refractivity contribution in [3.05, 3.63) is 35.4 Å². The van der Waals surface area contributed by atoms with E-state index in [4.69, 9.17) is 0 Å². The van der Waals surface area contributed by atoms with Crippen molar-refractivity contribution in [3.63, 3.8) is 0 Å². The molecule has 1 aromatic rings. The van der Waals surface area contributed by atoms with E-state index in [0.29, 0.717) is 12.8 Å². The SMILES string of the molecule is O=C1CCc2ccccc2C(=O)C1. The molecular weight excluding hydrogens is 164 g/mol. The normalized spacial score (nSPS) is 16.6. The maximum atomic E-state index is 11.5. The number of hydrogen-bond acceptors (Lipinski definition) is 2. The molecule has 0 unspecified atom stereocenters. The average molecular weight is 174 g/mol. The number of carbonyl (C=O) groups excluding carboxylic acids is 2. The van der Waals surface area contributed by atoms with Gasteiger partial charge in [-0.05, 0) is 12.0 Å². The van der Waals surface area contributed by atoms with E-state index in [-0.39, 0.29) is 18.0 Å². The number of Topliss-reactive ketones (excluding diaryl/α,β-unsaturated/α-hetero) is 2. The van der Waals surface area contributed by atoms with E-state index < -0.39 is 0 Å². The fourth-order valence-corrected chi connectivity index (χ4v) is 1.65. The van der Waals surface area contributed by atoms with E-state index in [2.05, 4.69) is 0 Å². The van der Waals surface area contributed by atoms with Crippen molar-refractivity contribution < 1.29 is 9.59 Å². The van der Waals surface area contributed by atoms with Gasteiger partial charge in [0.1, 0.15) is 5.78 Å². The molecule has 0 aliphatic heterocycles. The maximum Gasteiger partial charge on any atom is 0.170 e. The molecule has 1 aliphatic rings. The highest BCUT2D eigenvalue weighted by Crippen LogP contribution is 2.18. The molecule has 0 aromatic heterocycles. The number of carbonyl (C=O) groups is 2. The van der Waals surface area contributed by atoms with Crippen LogP contribution < -0.4 is 0 Å². The molecule has 2 nitrogen and oxygen atoms in total. The molecule has 1 aromatic carbocycles. The largest absolute Gasteiger partial charge is 0.299 e. The minimum atomic E-state index is -0.0295. The van der Waals surface area contributed by atoms with Gasteiger partial charge >= 0.3 is 0 Å². The summed E-state index contributed by atoms with van der Waals surface area (Å²) in [6, 6.07) is 7.47. The molecule has 0 spiro atoms. The lowest BCUT2D eigenvalue weighted by molar-refractivity contribution is -0.118. The van der Waals surface area contributed by atoms with Crippen LogP contribution in [-0.4, -0.2) is 11.6 Å². The van der Waals surface area contributed by atoms with Crippen LogP contribution in [0.2, 0.25) is 0 Å². The van der Waals surface area contributed by atoms with Gasteiger partial charge in [-0.3, -0.25) is 9.59 Å². The zero-order chi connectivity index (χ0) is 9.26. The summed E-state index contributed by atoms with van der Waals surface area (Å²) in [6.07, 6.45) is 1.29. The third-order valence-electron chi connectivity index (χ3n) is 2.35. The summed E-state index contributed by atoms with van der Waals surface area (Å²) in [6.45, 7) is 0. The van der Waals surface area contributed by atoms with Gasteiger partial charge in [0.15, 0.2) is 5.78 Å². The highest BCUT2D eigenvalue weighted by Gasteiger charge is 2.19. The fourth-order valence-electron chi connectivity index (χ4n) is 1.65. The molecule has 2 rings (SSSR count). The van der Waals surface area contributed by atoms with Crippen LogP contribution in [-0.2, 0) is 11.2 Å². The van der Waals surface area contributed by atoms with E-state index in [9.17, 15) is 9.59 Å². The van der Waals surface area contributed by atoms with Gasteiger partial charge < -0.3 is 0 Å². The zero-order valence-electron chi connectivity index (χ0n) is 7.25. The number of fused-ring (bicyclic) bond motifs is 1. The minimum Gasteiger partial charge on any atom is -0.299 e. The molecule has 0 amide bonds. The van der Waals surface area contributed by atoms with Crippen molar-refractivity contribution in [2.75, 3.05) is 0 Å². The van der Waals surface area contributed by atoms with Crippen molar-refractivity contribution in [1.82, 2.24) is 0 Å². The van der Waals surface area contributed by atoms with Gasteiger partial charge in [-0.1, -0.05) is 24.3 Å². The predicted octanol–water partition coefficient (Wildman–Crippen LogP) is 1.77. The summed E-state index contributed by atoms with van der Waals surface area (Å²) in [5.41, 5.74) is 1.74. The number of rotatable bonds is 0. The molecule has 13 heavy (non-hydrogen) atoms. The molecule has 0 saturated heterocycles. The third kappa shape index (κ3) is 1.52. The van der Waals surface area contributed by atoms with Crippen LogP contribution in [0.4, 0.5) is 0 Å². The Labute approximate surface area is 76.6 Å². The number of benzene rings is 1. The molecule has 66 valence electrons. The Bertz CT molecular complexity index is 366. The lowest BCUT2D eigenvalue weighted by Gasteiger charge is -2.01. The number of ketones is 2. The first-order valence-electron chi connectivity index (χ1n) is 4.40. The van der Waals surface area contributed by atoms with Gasteiger partial charge in [0.05, 0.1) is 6.42 Å². The second-order valence-electron chi connectivity index (χ2n) is 3.30. The Balaban J connectivity index is 2.46. The van der Waals surface area contributed by atoms with E-state index in [1.807, 2.05) is 18.2 Å². The van der Waals surface area contributed by atoms with E-state index >= 15 is 0 Å². The van der Waals surface area contributed by atoms with Crippen LogP contribution in [0.25, 0.3) is 0 Å². The van der Waals surface area contributed by atoms with Gasteiger partial charge in [-0.15, -0.1) is 0 Å². The Kier molecular flexibility index (Phi) is 1.97. The summed E-state index contributed by atoms with van der Waals surface area (Å²) in [5, 5.41) is 0. The summed E-state index contributed by atoms with van der Waals surface area (Å²) in [7, 11) is 0. The van der Waals surface area contributed by atoms with Crippen molar-refractivity contribution in [1.29, 1.82) is 0 Å². The maximum absolute atomic E-state index is 11.5. The smallest absolute Gasteiger partial charge is 0.170 e. The Morgan fingerprint density at radius 1 is 1.00 bits per heavy atom. The number of hydrogen-bond donors (Lipinski definition) is 0. The summed E-state index contributed by atoms with van der Waals surface area (Å²) < 4.78 is 0. The Hall–Kier alpha value is -1.44. The first-order valence-corrected chi connectivity index (χ1v) is 4.40. The monoisotopic (exact) mass is 174 g/mol. The van der Waals surface area contributed by atoms with Crippen molar-refractivity contribution >= 4 is 11.6 Å². The summed E-state index contributed by atoms with van der Waals surface area (Å²) in [5.74, 6) is 0.0271. The third-order valence-corrected chi connectivity index (χ3v) is 2.35. The van der Waals surface area contributed by atoms with Gasteiger partial charge in [-0.2, -0.15) is 0 Å². The second kappa shape index (κ2) is 3.13. The molecular formula is C11H10O2. The van der Waals surface area contributed by atoms with Gasteiger partial charge in [0.2, 0.25) is 0 Å². The second-order valence-corrected chi connectivity index (χ2v) is 3.30. The predicted molar refractivity (Wildman–Crippen MR) is 48.7 cm³/mol. The minimum absolute atomic E-state index is 0.0295. The van der Waals surface area contributed by atoms with Crippen molar-refractivity contribution in [3.8, 4) is 0 Å².